The van der Waals surface area contributed by atoms with Gasteiger partial charge < -0.3 is 4.90 Å². The van der Waals surface area contributed by atoms with Crippen molar-refractivity contribution in [3.05, 3.63) is 59.4 Å². The SMILES string of the molecule is CC(=O)c1c(F)cccc1N1c2ccccc2CCC1C. The van der Waals surface area contributed by atoms with Gasteiger partial charge >= 0.3 is 0 Å². The van der Waals surface area contributed by atoms with Gasteiger partial charge in [0.05, 0.1) is 11.3 Å². The average Bonchev–Trinajstić information content (AvgIpc) is 2.46. The molecule has 1 aliphatic heterocycles. The molecule has 0 saturated carbocycles. The highest BCUT2D eigenvalue weighted by Gasteiger charge is 2.27. The van der Waals surface area contributed by atoms with Gasteiger partial charge in [-0.2, -0.15) is 0 Å². The van der Waals surface area contributed by atoms with Crippen molar-refractivity contribution in [3.63, 3.8) is 0 Å². The Balaban J connectivity index is 2.21. The number of nitrogens with zero attached hydrogens (tertiary/aromatic N) is 1. The summed E-state index contributed by atoms with van der Waals surface area (Å²) in [7, 11) is 0. The van der Waals surface area contributed by atoms with Crippen LogP contribution in [0.5, 0.6) is 0 Å². The minimum atomic E-state index is -0.449. The zero-order chi connectivity index (χ0) is 15.0. The summed E-state index contributed by atoms with van der Waals surface area (Å²) < 4.78 is 14.1. The number of fused-ring (bicyclic) bond motifs is 1. The quantitative estimate of drug-likeness (QED) is 0.756. The highest BCUT2D eigenvalue weighted by Crippen LogP contribution is 2.38. The van der Waals surface area contributed by atoms with Gasteiger partial charge in [-0.1, -0.05) is 24.3 Å². The Morgan fingerprint density at radius 1 is 1.14 bits per heavy atom. The lowest BCUT2D eigenvalue weighted by molar-refractivity contribution is 0.101. The van der Waals surface area contributed by atoms with Crippen LogP contribution in [0.1, 0.15) is 36.2 Å². The first-order valence-corrected chi connectivity index (χ1v) is 7.26. The molecule has 2 nitrogen and oxygen atoms in total. The van der Waals surface area contributed by atoms with Gasteiger partial charge in [-0.15, -0.1) is 0 Å². The van der Waals surface area contributed by atoms with E-state index in [0.29, 0.717) is 5.69 Å². The van der Waals surface area contributed by atoms with Crippen LogP contribution in [-0.4, -0.2) is 11.8 Å². The Bertz CT molecular complexity index is 695. The van der Waals surface area contributed by atoms with Crippen molar-refractivity contribution < 1.29 is 9.18 Å². The van der Waals surface area contributed by atoms with Crippen molar-refractivity contribution in [2.45, 2.75) is 32.7 Å². The summed E-state index contributed by atoms with van der Waals surface area (Å²) in [5.41, 5.74) is 3.17. The van der Waals surface area contributed by atoms with Gasteiger partial charge in [-0.25, -0.2) is 4.39 Å². The number of hydrogen-bond acceptors (Lipinski definition) is 2. The zero-order valence-electron chi connectivity index (χ0n) is 12.3. The Kier molecular flexibility index (Phi) is 3.50. The molecule has 0 aromatic heterocycles. The number of para-hydroxylation sites is 1. The maximum absolute atomic E-state index is 14.1. The highest BCUT2D eigenvalue weighted by molar-refractivity contribution is 6.01. The van der Waals surface area contributed by atoms with Crippen LogP contribution >= 0.6 is 0 Å². The fraction of sp³-hybridized carbons (Fsp3) is 0.278. The van der Waals surface area contributed by atoms with Crippen LogP contribution < -0.4 is 4.90 Å². The van der Waals surface area contributed by atoms with E-state index in [4.69, 9.17) is 0 Å². The lowest BCUT2D eigenvalue weighted by Crippen LogP contribution is -2.34. The van der Waals surface area contributed by atoms with Gasteiger partial charge in [0.1, 0.15) is 5.82 Å². The first-order valence-electron chi connectivity index (χ1n) is 7.26. The lowest BCUT2D eigenvalue weighted by atomic mass is 9.94. The molecular weight excluding hydrogens is 265 g/mol. The second kappa shape index (κ2) is 5.32. The van der Waals surface area contributed by atoms with Gasteiger partial charge in [0, 0.05) is 11.7 Å². The predicted molar refractivity (Wildman–Crippen MR) is 82.8 cm³/mol. The molecule has 2 aromatic rings. The van der Waals surface area contributed by atoms with Crippen LogP contribution in [0, 0.1) is 5.82 Å². The second-order valence-corrected chi connectivity index (χ2v) is 5.58. The van der Waals surface area contributed by atoms with Crippen LogP contribution in [0.3, 0.4) is 0 Å². The van der Waals surface area contributed by atoms with Crippen molar-refractivity contribution >= 4 is 17.2 Å². The van der Waals surface area contributed by atoms with Gasteiger partial charge in [-0.3, -0.25) is 4.79 Å². The average molecular weight is 283 g/mol. The van der Waals surface area contributed by atoms with E-state index in [1.54, 1.807) is 6.07 Å². The number of carbonyl (C=O) groups is 1. The van der Waals surface area contributed by atoms with Gasteiger partial charge in [0.2, 0.25) is 0 Å². The van der Waals surface area contributed by atoms with Crippen LogP contribution in [0.15, 0.2) is 42.5 Å². The molecule has 3 heteroatoms. The summed E-state index contributed by atoms with van der Waals surface area (Å²) in [6.45, 7) is 3.53. The largest absolute Gasteiger partial charge is 0.338 e. The molecule has 0 bridgehead atoms. The van der Waals surface area contributed by atoms with Crippen molar-refractivity contribution in [2.24, 2.45) is 0 Å². The molecule has 0 N–H and O–H groups in total. The molecule has 1 heterocycles. The number of anilines is 2. The number of benzene rings is 2. The predicted octanol–water partition coefficient (Wildman–Crippen LogP) is 4.50. The van der Waals surface area contributed by atoms with Crippen LogP contribution in [0.25, 0.3) is 0 Å². The Labute approximate surface area is 124 Å². The molecule has 0 amide bonds. The third-order valence-corrected chi connectivity index (χ3v) is 4.13. The van der Waals surface area contributed by atoms with E-state index in [2.05, 4.69) is 17.9 Å². The summed E-state index contributed by atoms with van der Waals surface area (Å²) in [5, 5.41) is 0. The van der Waals surface area contributed by atoms with Crippen molar-refractivity contribution in [3.8, 4) is 0 Å². The lowest BCUT2D eigenvalue weighted by Gasteiger charge is -2.38. The van der Waals surface area contributed by atoms with Gasteiger partial charge in [0.15, 0.2) is 5.78 Å². The topological polar surface area (TPSA) is 20.3 Å². The summed E-state index contributed by atoms with van der Waals surface area (Å²) in [4.78, 5) is 14.0. The third-order valence-electron chi connectivity index (χ3n) is 4.13. The van der Waals surface area contributed by atoms with E-state index < -0.39 is 5.82 Å². The molecular formula is C18H18FNO. The number of hydrogen-bond donors (Lipinski definition) is 0. The first-order chi connectivity index (χ1) is 10.1. The molecule has 0 spiro atoms. The molecule has 0 saturated heterocycles. The van der Waals surface area contributed by atoms with Crippen molar-refractivity contribution in [2.75, 3.05) is 4.90 Å². The molecule has 0 aliphatic carbocycles. The van der Waals surface area contributed by atoms with E-state index in [1.165, 1.54) is 18.6 Å². The standard InChI is InChI=1S/C18H18FNO/c1-12-10-11-14-6-3-4-8-16(14)20(12)17-9-5-7-15(19)18(17)13(2)21/h3-9,12H,10-11H2,1-2H3. The highest BCUT2D eigenvalue weighted by atomic mass is 19.1. The molecule has 1 unspecified atom stereocenters. The number of Topliss-reactive ketones (excluding diaryl/α,β-unsaturated/α-hetero) is 1. The van der Waals surface area contributed by atoms with Crippen LogP contribution in [-0.2, 0) is 6.42 Å². The van der Waals surface area contributed by atoms with E-state index in [0.717, 1.165) is 18.5 Å². The van der Waals surface area contributed by atoms with Crippen molar-refractivity contribution in [1.82, 2.24) is 0 Å². The molecule has 1 atom stereocenters. The Morgan fingerprint density at radius 3 is 2.62 bits per heavy atom. The van der Waals surface area contributed by atoms with Gasteiger partial charge in [-0.05, 0) is 50.5 Å². The summed E-state index contributed by atoms with van der Waals surface area (Å²) in [6, 6.07) is 13.2. The van der Waals surface area contributed by atoms with E-state index in [9.17, 15) is 9.18 Å². The summed E-state index contributed by atoms with van der Waals surface area (Å²) >= 11 is 0. The maximum Gasteiger partial charge on any atom is 0.164 e. The van der Waals surface area contributed by atoms with Gasteiger partial charge in [0.25, 0.3) is 0 Å². The minimum absolute atomic E-state index is 0.182. The summed E-state index contributed by atoms with van der Waals surface area (Å²) in [5.74, 6) is -0.686. The minimum Gasteiger partial charge on any atom is -0.338 e. The molecule has 108 valence electrons. The van der Waals surface area contributed by atoms with E-state index >= 15 is 0 Å². The smallest absolute Gasteiger partial charge is 0.164 e. The molecule has 21 heavy (non-hydrogen) atoms. The maximum atomic E-state index is 14.1. The van der Waals surface area contributed by atoms with E-state index in [-0.39, 0.29) is 17.4 Å². The molecule has 0 radical (unpaired) electrons. The monoisotopic (exact) mass is 283 g/mol. The second-order valence-electron chi connectivity index (χ2n) is 5.58. The van der Waals surface area contributed by atoms with E-state index in [1.807, 2.05) is 24.3 Å². The van der Waals surface area contributed by atoms with Crippen LogP contribution in [0.2, 0.25) is 0 Å². The summed E-state index contributed by atoms with van der Waals surface area (Å²) in [6.07, 6.45) is 2.00. The number of carbonyl (C=O) groups excluding carboxylic acids is 1. The van der Waals surface area contributed by atoms with Crippen LogP contribution in [0.4, 0.5) is 15.8 Å². The number of ketones is 1. The van der Waals surface area contributed by atoms with Crippen molar-refractivity contribution in [1.29, 1.82) is 0 Å². The number of rotatable bonds is 2. The number of aryl methyl sites for hydroxylation is 1. The molecule has 2 aromatic carbocycles. The molecule has 1 aliphatic rings. The Morgan fingerprint density at radius 2 is 1.86 bits per heavy atom. The fourth-order valence-electron chi connectivity index (χ4n) is 3.12. The zero-order valence-corrected chi connectivity index (χ0v) is 12.3. The first kappa shape index (κ1) is 13.8. The Hall–Kier alpha value is -2.16. The molecule has 3 rings (SSSR count). The third kappa shape index (κ3) is 2.33. The molecule has 0 fully saturated rings. The fourth-order valence-corrected chi connectivity index (χ4v) is 3.12. The normalized spacial score (nSPS) is 17.5. The number of halogens is 1.